The first-order chi connectivity index (χ1) is 8.88. The molecule has 1 heterocycles. The summed E-state index contributed by atoms with van der Waals surface area (Å²) in [5.41, 5.74) is 2.46. The third kappa shape index (κ3) is 4.17. The molecule has 0 bridgehead atoms. The topological polar surface area (TPSA) is 29.9 Å². The molecule has 1 aromatic heterocycles. The first-order valence-electron chi connectivity index (χ1n) is 6.19. The van der Waals surface area contributed by atoms with E-state index in [1.165, 1.54) is 11.1 Å². The zero-order valence-corrected chi connectivity index (χ0v) is 11.1. The first kappa shape index (κ1) is 13.1. The van der Waals surface area contributed by atoms with Gasteiger partial charge in [-0.1, -0.05) is 24.3 Å². The molecule has 96 valence electrons. The standard InChI is InChI=1S/C14H18ClN3/c15-10-13-3-1-4-14(9-13)11-16-5-2-7-18-8-6-17-12-18/h1,3-4,6,8-9,12,16H,2,5,7,10-11H2. The predicted molar refractivity (Wildman–Crippen MR) is 74.5 cm³/mol. The molecule has 0 fully saturated rings. The minimum absolute atomic E-state index is 0.578. The van der Waals surface area contributed by atoms with Gasteiger partial charge in [-0.25, -0.2) is 4.98 Å². The Bertz CT molecular complexity index is 454. The number of benzene rings is 1. The molecule has 0 unspecified atom stereocenters. The highest BCUT2D eigenvalue weighted by molar-refractivity contribution is 6.17. The van der Waals surface area contributed by atoms with Crippen LogP contribution in [0.2, 0.25) is 0 Å². The van der Waals surface area contributed by atoms with Gasteiger partial charge in [-0.2, -0.15) is 0 Å². The summed E-state index contributed by atoms with van der Waals surface area (Å²) in [5.74, 6) is 0.578. The third-order valence-electron chi connectivity index (χ3n) is 2.80. The molecule has 0 radical (unpaired) electrons. The molecule has 0 aliphatic carbocycles. The fourth-order valence-corrected chi connectivity index (χ4v) is 2.03. The van der Waals surface area contributed by atoms with Gasteiger partial charge in [0.1, 0.15) is 0 Å². The summed E-state index contributed by atoms with van der Waals surface area (Å²) in [6.07, 6.45) is 6.75. The van der Waals surface area contributed by atoms with Gasteiger partial charge >= 0.3 is 0 Å². The Morgan fingerprint density at radius 2 is 2.17 bits per heavy atom. The lowest BCUT2D eigenvalue weighted by Crippen LogP contribution is -2.16. The first-order valence-corrected chi connectivity index (χ1v) is 6.72. The number of nitrogens with zero attached hydrogens (tertiary/aromatic N) is 2. The van der Waals surface area contributed by atoms with E-state index in [0.717, 1.165) is 26.1 Å². The Labute approximate surface area is 113 Å². The summed E-state index contributed by atoms with van der Waals surface area (Å²) in [7, 11) is 0. The van der Waals surface area contributed by atoms with Crippen LogP contribution in [-0.2, 0) is 19.0 Å². The van der Waals surface area contributed by atoms with Crippen molar-refractivity contribution in [3.63, 3.8) is 0 Å². The highest BCUT2D eigenvalue weighted by atomic mass is 35.5. The van der Waals surface area contributed by atoms with Gasteiger partial charge in [-0.15, -0.1) is 11.6 Å². The summed E-state index contributed by atoms with van der Waals surface area (Å²) >= 11 is 5.81. The van der Waals surface area contributed by atoms with Crippen LogP contribution in [0.1, 0.15) is 17.5 Å². The van der Waals surface area contributed by atoms with E-state index in [9.17, 15) is 0 Å². The van der Waals surface area contributed by atoms with Crippen LogP contribution in [0.3, 0.4) is 0 Å². The van der Waals surface area contributed by atoms with Gasteiger partial charge in [0.05, 0.1) is 6.33 Å². The largest absolute Gasteiger partial charge is 0.337 e. The number of alkyl halides is 1. The molecular formula is C14H18ClN3. The van der Waals surface area contributed by atoms with Crippen LogP contribution in [0.25, 0.3) is 0 Å². The van der Waals surface area contributed by atoms with Gasteiger partial charge in [-0.3, -0.25) is 0 Å². The van der Waals surface area contributed by atoms with Crippen molar-refractivity contribution in [2.24, 2.45) is 0 Å². The zero-order chi connectivity index (χ0) is 12.6. The number of nitrogens with one attached hydrogen (secondary N) is 1. The molecule has 2 aromatic rings. The van der Waals surface area contributed by atoms with Crippen molar-refractivity contribution in [1.82, 2.24) is 14.9 Å². The Kier molecular flexibility index (Phi) is 5.24. The molecule has 3 nitrogen and oxygen atoms in total. The van der Waals surface area contributed by atoms with Crippen LogP contribution in [-0.4, -0.2) is 16.1 Å². The molecular weight excluding hydrogens is 246 g/mol. The van der Waals surface area contributed by atoms with E-state index in [1.807, 2.05) is 18.7 Å². The molecule has 0 aliphatic rings. The Morgan fingerprint density at radius 1 is 1.28 bits per heavy atom. The summed E-state index contributed by atoms with van der Waals surface area (Å²) < 4.78 is 2.09. The van der Waals surface area contributed by atoms with Crippen molar-refractivity contribution in [3.05, 3.63) is 54.1 Å². The smallest absolute Gasteiger partial charge is 0.0945 e. The van der Waals surface area contributed by atoms with E-state index in [2.05, 4.69) is 39.1 Å². The van der Waals surface area contributed by atoms with E-state index in [4.69, 9.17) is 11.6 Å². The Balaban J connectivity index is 1.65. The number of imidazole rings is 1. The molecule has 0 saturated carbocycles. The van der Waals surface area contributed by atoms with E-state index in [1.54, 1.807) is 0 Å². The van der Waals surface area contributed by atoms with Crippen LogP contribution in [0.5, 0.6) is 0 Å². The highest BCUT2D eigenvalue weighted by Crippen LogP contribution is 2.07. The summed E-state index contributed by atoms with van der Waals surface area (Å²) in [6, 6.07) is 8.38. The monoisotopic (exact) mass is 263 g/mol. The van der Waals surface area contributed by atoms with Crippen LogP contribution in [0, 0.1) is 0 Å². The Hall–Kier alpha value is -1.32. The summed E-state index contributed by atoms with van der Waals surface area (Å²) in [5, 5.41) is 3.44. The second-order valence-electron chi connectivity index (χ2n) is 4.28. The van der Waals surface area contributed by atoms with Crippen molar-refractivity contribution in [1.29, 1.82) is 0 Å². The van der Waals surface area contributed by atoms with Gasteiger partial charge < -0.3 is 9.88 Å². The van der Waals surface area contributed by atoms with Gasteiger partial charge in [0.15, 0.2) is 0 Å². The van der Waals surface area contributed by atoms with Crippen LogP contribution in [0.4, 0.5) is 0 Å². The van der Waals surface area contributed by atoms with Crippen LogP contribution < -0.4 is 5.32 Å². The number of hydrogen-bond acceptors (Lipinski definition) is 2. The maximum Gasteiger partial charge on any atom is 0.0945 e. The lowest BCUT2D eigenvalue weighted by atomic mass is 10.1. The average Bonchev–Trinajstić information content (AvgIpc) is 2.92. The molecule has 0 saturated heterocycles. The number of rotatable bonds is 7. The molecule has 0 spiro atoms. The highest BCUT2D eigenvalue weighted by Gasteiger charge is 1.95. The summed E-state index contributed by atoms with van der Waals surface area (Å²) in [4.78, 5) is 4.02. The van der Waals surface area contributed by atoms with E-state index in [0.29, 0.717) is 5.88 Å². The predicted octanol–water partition coefficient (Wildman–Crippen LogP) is 2.80. The number of hydrogen-bond donors (Lipinski definition) is 1. The fraction of sp³-hybridized carbons (Fsp3) is 0.357. The van der Waals surface area contributed by atoms with E-state index >= 15 is 0 Å². The maximum atomic E-state index is 5.81. The quantitative estimate of drug-likeness (QED) is 0.615. The third-order valence-corrected chi connectivity index (χ3v) is 3.11. The minimum Gasteiger partial charge on any atom is -0.337 e. The Morgan fingerprint density at radius 3 is 2.94 bits per heavy atom. The number of halogens is 1. The van der Waals surface area contributed by atoms with Crippen molar-refractivity contribution >= 4 is 11.6 Å². The molecule has 1 N–H and O–H groups in total. The molecule has 0 aliphatic heterocycles. The molecule has 0 atom stereocenters. The van der Waals surface area contributed by atoms with Crippen LogP contribution >= 0.6 is 11.6 Å². The zero-order valence-electron chi connectivity index (χ0n) is 10.3. The van der Waals surface area contributed by atoms with Gasteiger partial charge in [0.25, 0.3) is 0 Å². The van der Waals surface area contributed by atoms with Crippen molar-refractivity contribution in [2.75, 3.05) is 6.54 Å². The molecule has 0 amide bonds. The SMILES string of the molecule is ClCc1cccc(CNCCCn2ccnc2)c1. The normalized spacial score (nSPS) is 10.7. The van der Waals surface area contributed by atoms with Gasteiger partial charge in [0, 0.05) is 31.4 Å². The molecule has 18 heavy (non-hydrogen) atoms. The van der Waals surface area contributed by atoms with Crippen molar-refractivity contribution < 1.29 is 0 Å². The minimum atomic E-state index is 0.578. The number of aromatic nitrogens is 2. The lowest BCUT2D eigenvalue weighted by molar-refractivity contribution is 0.580. The molecule has 4 heteroatoms. The number of aryl methyl sites for hydroxylation is 1. The lowest BCUT2D eigenvalue weighted by Gasteiger charge is -2.06. The molecule has 1 aromatic carbocycles. The van der Waals surface area contributed by atoms with E-state index in [-0.39, 0.29) is 0 Å². The van der Waals surface area contributed by atoms with Gasteiger partial charge in [0.2, 0.25) is 0 Å². The van der Waals surface area contributed by atoms with Crippen molar-refractivity contribution in [3.8, 4) is 0 Å². The summed E-state index contributed by atoms with van der Waals surface area (Å²) in [6.45, 7) is 2.91. The fourth-order valence-electron chi connectivity index (χ4n) is 1.86. The van der Waals surface area contributed by atoms with Crippen molar-refractivity contribution in [2.45, 2.75) is 25.4 Å². The average molecular weight is 264 g/mol. The van der Waals surface area contributed by atoms with Crippen LogP contribution in [0.15, 0.2) is 43.0 Å². The van der Waals surface area contributed by atoms with Gasteiger partial charge in [-0.05, 0) is 24.1 Å². The molecule has 2 rings (SSSR count). The van der Waals surface area contributed by atoms with E-state index < -0.39 is 0 Å². The second-order valence-corrected chi connectivity index (χ2v) is 4.55. The maximum absolute atomic E-state index is 5.81. The second kappa shape index (κ2) is 7.19.